The van der Waals surface area contributed by atoms with Crippen molar-refractivity contribution in [1.82, 2.24) is 4.72 Å². The van der Waals surface area contributed by atoms with E-state index in [0.717, 1.165) is 18.2 Å². The van der Waals surface area contributed by atoms with E-state index in [0.29, 0.717) is 6.42 Å². The van der Waals surface area contributed by atoms with E-state index in [9.17, 15) is 17.2 Å². The Balaban J connectivity index is 3.04. The summed E-state index contributed by atoms with van der Waals surface area (Å²) in [5.41, 5.74) is 5.47. The fraction of sp³-hybridized carbons (Fsp3) is 0.500. The van der Waals surface area contributed by atoms with Crippen LogP contribution in [0.15, 0.2) is 23.1 Å². The van der Waals surface area contributed by atoms with Gasteiger partial charge in [-0.2, -0.15) is 0 Å². The van der Waals surface area contributed by atoms with Crippen molar-refractivity contribution in [1.29, 1.82) is 0 Å². The van der Waals surface area contributed by atoms with Crippen LogP contribution >= 0.6 is 0 Å². The van der Waals surface area contributed by atoms with Crippen LogP contribution < -0.4 is 10.5 Å². The maximum atomic E-state index is 13.5. The van der Waals surface area contributed by atoms with Crippen LogP contribution in [0.4, 0.5) is 8.78 Å². The average Bonchev–Trinajstić information content (AvgIpc) is 2.26. The van der Waals surface area contributed by atoms with E-state index in [2.05, 4.69) is 4.72 Å². The summed E-state index contributed by atoms with van der Waals surface area (Å²) < 4.78 is 53.1. The van der Waals surface area contributed by atoms with Crippen molar-refractivity contribution in [3.05, 3.63) is 29.8 Å². The molecule has 1 unspecified atom stereocenters. The van der Waals surface area contributed by atoms with Crippen LogP contribution in [-0.2, 0) is 10.0 Å². The van der Waals surface area contributed by atoms with Gasteiger partial charge in [0.05, 0.1) is 0 Å². The molecule has 1 aromatic rings. The van der Waals surface area contributed by atoms with Crippen LogP contribution in [0.3, 0.4) is 0 Å². The van der Waals surface area contributed by atoms with Crippen LogP contribution in [0.5, 0.6) is 0 Å². The van der Waals surface area contributed by atoms with E-state index in [1.807, 2.05) is 13.8 Å². The Morgan fingerprint density at radius 3 is 2.21 bits per heavy atom. The monoisotopic (exact) mass is 292 g/mol. The van der Waals surface area contributed by atoms with Crippen molar-refractivity contribution >= 4 is 10.0 Å². The highest BCUT2D eigenvalue weighted by Gasteiger charge is 2.26. The van der Waals surface area contributed by atoms with Crippen LogP contribution in [0.25, 0.3) is 0 Å². The van der Waals surface area contributed by atoms with Gasteiger partial charge in [0.25, 0.3) is 0 Å². The number of nitrogens with two attached hydrogens (primary N) is 1. The second-order valence-corrected chi connectivity index (χ2v) is 6.39. The van der Waals surface area contributed by atoms with Crippen molar-refractivity contribution in [2.75, 3.05) is 6.54 Å². The zero-order valence-corrected chi connectivity index (χ0v) is 11.7. The Morgan fingerprint density at radius 2 is 1.79 bits per heavy atom. The predicted molar refractivity (Wildman–Crippen MR) is 69.0 cm³/mol. The van der Waals surface area contributed by atoms with Crippen molar-refractivity contribution in [3.63, 3.8) is 0 Å². The van der Waals surface area contributed by atoms with E-state index < -0.39 is 32.6 Å². The van der Waals surface area contributed by atoms with E-state index in [-0.39, 0.29) is 12.5 Å². The number of hydrogen-bond donors (Lipinski definition) is 2. The Bertz CT molecular complexity index is 512. The van der Waals surface area contributed by atoms with Gasteiger partial charge >= 0.3 is 0 Å². The summed E-state index contributed by atoms with van der Waals surface area (Å²) in [7, 11) is -4.26. The Labute approximate surface area is 112 Å². The Morgan fingerprint density at radius 1 is 1.26 bits per heavy atom. The summed E-state index contributed by atoms with van der Waals surface area (Å²) >= 11 is 0. The summed E-state index contributed by atoms with van der Waals surface area (Å²) in [5.74, 6) is -2.03. The lowest BCUT2D eigenvalue weighted by molar-refractivity contribution is 0.458. The zero-order chi connectivity index (χ0) is 14.6. The molecule has 4 nitrogen and oxygen atoms in total. The number of nitrogens with one attached hydrogen (secondary N) is 1. The molecule has 1 atom stereocenters. The van der Waals surface area contributed by atoms with Gasteiger partial charge < -0.3 is 5.73 Å². The number of sulfonamides is 1. The van der Waals surface area contributed by atoms with Gasteiger partial charge in [0, 0.05) is 12.6 Å². The molecule has 3 N–H and O–H groups in total. The first-order chi connectivity index (χ1) is 8.77. The molecule has 19 heavy (non-hydrogen) atoms. The van der Waals surface area contributed by atoms with E-state index in [4.69, 9.17) is 5.73 Å². The first-order valence-corrected chi connectivity index (χ1v) is 7.42. The number of halogens is 2. The zero-order valence-electron chi connectivity index (χ0n) is 10.9. The topological polar surface area (TPSA) is 72.2 Å². The van der Waals surface area contributed by atoms with E-state index >= 15 is 0 Å². The highest BCUT2D eigenvalue weighted by Crippen LogP contribution is 2.19. The smallest absolute Gasteiger partial charge is 0.246 e. The minimum Gasteiger partial charge on any atom is -0.329 e. The molecule has 7 heteroatoms. The van der Waals surface area contributed by atoms with Gasteiger partial charge in [-0.25, -0.2) is 21.9 Å². The highest BCUT2D eigenvalue weighted by molar-refractivity contribution is 7.89. The number of benzene rings is 1. The maximum absolute atomic E-state index is 13.5. The summed E-state index contributed by atoms with van der Waals surface area (Å²) in [6.07, 6.45) is 0.492. The van der Waals surface area contributed by atoms with Gasteiger partial charge in [0.2, 0.25) is 10.0 Å². The number of hydrogen-bond acceptors (Lipinski definition) is 3. The van der Waals surface area contributed by atoms with Crippen LogP contribution in [0.2, 0.25) is 0 Å². The highest BCUT2D eigenvalue weighted by atomic mass is 32.2. The van der Waals surface area contributed by atoms with Gasteiger partial charge in [0.1, 0.15) is 11.6 Å². The molecule has 0 heterocycles. The first-order valence-electron chi connectivity index (χ1n) is 5.94. The summed E-state index contributed by atoms with van der Waals surface area (Å²) in [6, 6.07) is 2.36. The van der Waals surface area contributed by atoms with Gasteiger partial charge in [0.15, 0.2) is 4.90 Å². The standard InChI is InChI=1S/C12H18F2N2O2S/c1-8(2)6-9(7-15)16-19(17,18)12-10(13)4-3-5-11(12)14/h3-5,8-9,16H,6-7,15H2,1-2H3. The predicted octanol–water partition coefficient (Wildman–Crippen LogP) is 1.62. The average molecular weight is 292 g/mol. The minimum atomic E-state index is -4.26. The van der Waals surface area contributed by atoms with Gasteiger partial charge in [-0.3, -0.25) is 0 Å². The normalized spacial score (nSPS) is 13.8. The second-order valence-electron chi connectivity index (χ2n) is 4.73. The van der Waals surface area contributed by atoms with Gasteiger partial charge in [-0.1, -0.05) is 19.9 Å². The molecule has 0 radical (unpaired) electrons. The molecule has 1 aromatic carbocycles. The molecule has 0 saturated heterocycles. The van der Waals surface area contributed by atoms with Crippen LogP contribution in [0, 0.1) is 17.6 Å². The van der Waals surface area contributed by atoms with Crippen molar-refractivity contribution in [2.45, 2.75) is 31.2 Å². The van der Waals surface area contributed by atoms with Gasteiger partial charge in [-0.15, -0.1) is 0 Å². The quantitative estimate of drug-likeness (QED) is 0.837. The molecule has 0 amide bonds. The van der Waals surface area contributed by atoms with E-state index in [1.54, 1.807) is 0 Å². The van der Waals surface area contributed by atoms with E-state index in [1.165, 1.54) is 0 Å². The molecule has 0 saturated carbocycles. The third-order valence-corrected chi connectivity index (χ3v) is 4.12. The molecular formula is C12H18F2N2O2S. The molecule has 0 spiro atoms. The Hall–Kier alpha value is -1.05. The summed E-state index contributed by atoms with van der Waals surface area (Å²) in [4.78, 5) is -0.961. The van der Waals surface area contributed by atoms with Crippen molar-refractivity contribution in [2.24, 2.45) is 11.7 Å². The number of rotatable bonds is 6. The van der Waals surface area contributed by atoms with Crippen molar-refractivity contribution in [3.8, 4) is 0 Å². The lowest BCUT2D eigenvalue weighted by Crippen LogP contribution is -2.41. The SMILES string of the molecule is CC(C)CC(CN)NS(=O)(=O)c1c(F)cccc1F. The van der Waals surface area contributed by atoms with Crippen molar-refractivity contribution < 1.29 is 17.2 Å². The summed E-state index contributed by atoms with van der Waals surface area (Å²) in [5, 5.41) is 0. The molecule has 1 rings (SSSR count). The maximum Gasteiger partial charge on any atom is 0.246 e. The second kappa shape index (κ2) is 6.40. The third kappa shape index (κ3) is 4.22. The molecule has 0 aliphatic rings. The van der Waals surface area contributed by atoms with Crippen LogP contribution in [-0.4, -0.2) is 21.0 Å². The Kier molecular flexibility index (Phi) is 5.39. The third-order valence-electron chi connectivity index (χ3n) is 2.55. The summed E-state index contributed by atoms with van der Waals surface area (Å²) in [6.45, 7) is 3.87. The molecule has 0 aromatic heterocycles. The minimum absolute atomic E-state index is 0.0630. The molecular weight excluding hydrogens is 274 g/mol. The molecule has 0 aliphatic heterocycles. The largest absolute Gasteiger partial charge is 0.329 e. The van der Waals surface area contributed by atoms with Crippen LogP contribution in [0.1, 0.15) is 20.3 Å². The lowest BCUT2D eigenvalue weighted by Gasteiger charge is -2.19. The molecule has 0 fully saturated rings. The molecule has 0 bridgehead atoms. The molecule has 108 valence electrons. The van der Waals surface area contributed by atoms with Gasteiger partial charge in [-0.05, 0) is 24.5 Å². The lowest BCUT2D eigenvalue weighted by atomic mass is 10.1. The fourth-order valence-corrected chi connectivity index (χ4v) is 3.18. The first kappa shape index (κ1) is 16.0. The fourth-order valence-electron chi connectivity index (χ4n) is 1.78. The molecule has 0 aliphatic carbocycles.